The van der Waals surface area contributed by atoms with E-state index in [9.17, 15) is 9.18 Å². The van der Waals surface area contributed by atoms with Crippen molar-refractivity contribution < 1.29 is 9.18 Å². The highest BCUT2D eigenvalue weighted by atomic mass is 35.5. The molecular weight excluding hydrogens is 376 g/mol. The molecule has 4 nitrogen and oxygen atoms in total. The number of piperidine rings is 1. The number of nitrogens with zero attached hydrogens (tertiary/aromatic N) is 2. The number of carbonyl (C=O) groups is 1. The highest BCUT2D eigenvalue weighted by molar-refractivity contribution is 6.06. The molecule has 1 aliphatic carbocycles. The maximum absolute atomic E-state index is 13.7. The summed E-state index contributed by atoms with van der Waals surface area (Å²) in [5, 5.41) is 3.90. The van der Waals surface area contributed by atoms with Crippen LogP contribution in [0.4, 0.5) is 4.39 Å². The first-order chi connectivity index (χ1) is 11.7. The molecule has 0 radical (unpaired) electrons. The second kappa shape index (κ2) is 8.51. The first-order valence-corrected chi connectivity index (χ1v) is 8.72. The molecule has 1 aromatic heterocycles. The fourth-order valence-electron chi connectivity index (χ4n) is 3.53. The predicted octanol–water partition coefficient (Wildman–Crippen LogP) is 3.92. The van der Waals surface area contributed by atoms with E-state index in [2.05, 4.69) is 10.3 Å². The van der Waals surface area contributed by atoms with E-state index in [1.165, 1.54) is 12.1 Å². The Morgan fingerprint density at radius 3 is 2.46 bits per heavy atom. The molecule has 4 rings (SSSR count). The minimum Gasteiger partial charge on any atom is -0.339 e. The van der Waals surface area contributed by atoms with Crippen LogP contribution in [0.3, 0.4) is 0 Å². The molecule has 1 N–H and O–H groups in total. The number of rotatable bonds is 3. The molecule has 1 saturated heterocycles. The Bertz CT molecular complexity index is 790. The molecule has 2 aromatic rings. The molecule has 2 fully saturated rings. The van der Waals surface area contributed by atoms with Gasteiger partial charge in [-0.1, -0.05) is 0 Å². The highest BCUT2D eigenvalue weighted by Gasteiger charge is 2.29. The SMILES string of the molecule is CNC1CCN(C(=O)c2cc(C3CC3)nc3ccc(F)cc23)CC1.Cl.Cl. The van der Waals surface area contributed by atoms with Crippen LogP contribution in [0.2, 0.25) is 0 Å². The Balaban J connectivity index is 0.00000121. The van der Waals surface area contributed by atoms with Gasteiger partial charge in [-0.3, -0.25) is 9.78 Å². The number of hydrogen-bond acceptors (Lipinski definition) is 3. The molecule has 0 atom stereocenters. The van der Waals surface area contributed by atoms with Crippen LogP contribution in [0, 0.1) is 5.82 Å². The van der Waals surface area contributed by atoms with Crippen molar-refractivity contribution in [3.05, 3.63) is 41.3 Å². The molecule has 1 aromatic carbocycles. The third kappa shape index (κ3) is 4.11. The molecule has 2 heterocycles. The number of fused-ring (bicyclic) bond motifs is 1. The van der Waals surface area contributed by atoms with Crippen LogP contribution >= 0.6 is 24.8 Å². The van der Waals surface area contributed by atoms with Crippen molar-refractivity contribution in [1.29, 1.82) is 0 Å². The second-order valence-corrected chi connectivity index (χ2v) is 6.89. The molecule has 0 bridgehead atoms. The predicted molar refractivity (Wildman–Crippen MR) is 106 cm³/mol. The zero-order valence-corrected chi connectivity index (χ0v) is 16.3. The lowest BCUT2D eigenvalue weighted by atomic mass is 10.0. The van der Waals surface area contributed by atoms with Crippen molar-refractivity contribution in [2.45, 2.75) is 37.6 Å². The zero-order valence-electron chi connectivity index (χ0n) is 14.7. The lowest BCUT2D eigenvalue weighted by Gasteiger charge is -2.32. The Hall–Kier alpha value is -1.43. The van der Waals surface area contributed by atoms with Crippen molar-refractivity contribution in [1.82, 2.24) is 15.2 Å². The molecule has 1 aliphatic heterocycles. The van der Waals surface area contributed by atoms with Crippen LogP contribution in [0.15, 0.2) is 24.3 Å². The normalized spacial score (nSPS) is 17.5. The van der Waals surface area contributed by atoms with Crippen LogP contribution in [-0.2, 0) is 0 Å². The van der Waals surface area contributed by atoms with Crippen molar-refractivity contribution in [3.63, 3.8) is 0 Å². The van der Waals surface area contributed by atoms with Gasteiger partial charge in [0.2, 0.25) is 0 Å². The number of pyridine rings is 1. The van der Waals surface area contributed by atoms with Crippen molar-refractivity contribution in [2.75, 3.05) is 20.1 Å². The second-order valence-electron chi connectivity index (χ2n) is 6.89. The summed E-state index contributed by atoms with van der Waals surface area (Å²) in [6, 6.07) is 6.90. The van der Waals surface area contributed by atoms with Crippen molar-refractivity contribution >= 4 is 41.6 Å². The number of likely N-dealkylation sites (tertiary alicyclic amines) is 1. The van der Waals surface area contributed by atoms with Crippen LogP contribution in [0.1, 0.15) is 47.7 Å². The van der Waals surface area contributed by atoms with Crippen LogP contribution in [-0.4, -0.2) is 42.0 Å². The molecule has 142 valence electrons. The van der Waals surface area contributed by atoms with Gasteiger partial charge >= 0.3 is 0 Å². The monoisotopic (exact) mass is 399 g/mol. The Kier molecular flexibility index (Phi) is 6.83. The third-order valence-electron chi connectivity index (χ3n) is 5.21. The fraction of sp³-hybridized carbons (Fsp3) is 0.474. The summed E-state index contributed by atoms with van der Waals surface area (Å²) >= 11 is 0. The summed E-state index contributed by atoms with van der Waals surface area (Å²) in [4.78, 5) is 19.6. The molecule has 1 amide bonds. The largest absolute Gasteiger partial charge is 0.339 e. The highest BCUT2D eigenvalue weighted by Crippen LogP contribution is 2.40. The lowest BCUT2D eigenvalue weighted by molar-refractivity contribution is 0.0709. The van der Waals surface area contributed by atoms with Crippen molar-refractivity contribution in [3.8, 4) is 0 Å². The number of hydrogen-bond donors (Lipinski definition) is 1. The summed E-state index contributed by atoms with van der Waals surface area (Å²) in [6.45, 7) is 1.48. The van der Waals surface area contributed by atoms with E-state index in [4.69, 9.17) is 0 Å². The molecular formula is C19H24Cl2FN3O. The van der Waals surface area contributed by atoms with Gasteiger partial charge in [0.15, 0.2) is 0 Å². The Morgan fingerprint density at radius 2 is 1.85 bits per heavy atom. The van der Waals surface area contributed by atoms with Crippen molar-refractivity contribution in [2.24, 2.45) is 0 Å². The standard InChI is InChI=1S/C19H22FN3O.2ClH/c1-21-14-6-8-23(9-7-14)19(24)16-11-18(12-2-3-12)22-17-5-4-13(20)10-15(16)17;;/h4-5,10-12,14,21H,2-3,6-9H2,1H3;2*1H. The smallest absolute Gasteiger partial charge is 0.254 e. The Morgan fingerprint density at radius 1 is 1.15 bits per heavy atom. The van der Waals surface area contributed by atoms with E-state index >= 15 is 0 Å². The zero-order chi connectivity index (χ0) is 16.7. The van der Waals surface area contributed by atoms with E-state index < -0.39 is 0 Å². The summed E-state index contributed by atoms with van der Waals surface area (Å²) in [7, 11) is 1.96. The lowest BCUT2D eigenvalue weighted by Crippen LogP contribution is -2.44. The van der Waals surface area contributed by atoms with Gasteiger partial charge in [-0.15, -0.1) is 24.8 Å². The molecule has 7 heteroatoms. The maximum atomic E-state index is 13.7. The third-order valence-corrected chi connectivity index (χ3v) is 5.21. The average molecular weight is 400 g/mol. The first kappa shape index (κ1) is 20.9. The summed E-state index contributed by atoms with van der Waals surface area (Å²) in [5.41, 5.74) is 2.29. The first-order valence-electron chi connectivity index (χ1n) is 8.72. The Labute approximate surface area is 165 Å². The number of halogens is 3. The van der Waals surface area contributed by atoms with Gasteiger partial charge in [0, 0.05) is 36.1 Å². The molecule has 0 spiro atoms. The summed E-state index contributed by atoms with van der Waals surface area (Å²) < 4.78 is 13.7. The van der Waals surface area contributed by atoms with Gasteiger partial charge in [0.05, 0.1) is 11.1 Å². The fourth-order valence-corrected chi connectivity index (χ4v) is 3.53. The van der Waals surface area contributed by atoms with E-state index in [0.29, 0.717) is 28.4 Å². The summed E-state index contributed by atoms with van der Waals surface area (Å²) in [6.07, 6.45) is 4.16. The van der Waals surface area contributed by atoms with Crippen LogP contribution in [0.5, 0.6) is 0 Å². The molecule has 1 saturated carbocycles. The van der Waals surface area contributed by atoms with Crippen LogP contribution < -0.4 is 5.32 Å². The van der Waals surface area contributed by atoms with Gasteiger partial charge < -0.3 is 10.2 Å². The van der Waals surface area contributed by atoms with E-state index in [-0.39, 0.29) is 36.5 Å². The summed E-state index contributed by atoms with van der Waals surface area (Å²) in [5.74, 6) is 0.136. The number of carbonyl (C=O) groups excluding carboxylic acids is 1. The number of amides is 1. The van der Waals surface area contributed by atoms with Crippen LogP contribution in [0.25, 0.3) is 10.9 Å². The van der Waals surface area contributed by atoms with E-state index in [1.54, 1.807) is 6.07 Å². The van der Waals surface area contributed by atoms with Gasteiger partial charge in [-0.2, -0.15) is 0 Å². The average Bonchev–Trinajstić information content (AvgIpc) is 3.45. The molecule has 2 aliphatic rings. The minimum absolute atomic E-state index is 0. The molecule has 26 heavy (non-hydrogen) atoms. The quantitative estimate of drug-likeness (QED) is 0.850. The van der Waals surface area contributed by atoms with Gasteiger partial charge in [0.25, 0.3) is 5.91 Å². The molecule has 0 unspecified atom stereocenters. The van der Waals surface area contributed by atoms with Gasteiger partial charge in [-0.25, -0.2) is 4.39 Å². The number of nitrogens with one attached hydrogen (secondary N) is 1. The van der Waals surface area contributed by atoms with E-state index in [0.717, 1.165) is 44.5 Å². The minimum atomic E-state index is -0.327. The van der Waals surface area contributed by atoms with Gasteiger partial charge in [-0.05, 0) is 57.0 Å². The maximum Gasteiger partial charge on any atom is 0.254 e. The number of aromatic nitrogens is 1. The number of benzene rings is 1. The van der Waals surface area contributed by atoms with Gasteiger partial charge in [0.1, 0.15) is 5.82 Å². The topological polar surface area (TPSA) is 45.2 Å². The van der Waals surface area contributed by atoms with E-state index in [1.807, 2.05) is 18.0 Å².